The van der Waals surface area contributed by atoms with Crippen molar-refractivity contribution in [3.8, 4) is 0 Å². The second-order valence-electron chi connectivity index (χ2n) is 5.80. The summed E-state index contributed by atoms with van der Waals surface area (Å²) in [6, 6.07) is 6.90. The fraction of sp³-hybridized carbons (Fsp3) is 0.625. The summed E-state index contributed by atoms with van der Waals surface area (Å²) in [4.78, 5) is 2.49. The normalized spacial score (nSPS) is 17.1. The zero-order valence-electron chi connectivity index (χ0n) is 12.0. The van der Waals surface area contributed by atoms with E-state index in [4.69, 9.17) is 5.73 Å². The van der Waals surface area contributed by atoms with Gasteiger partial charge in [-0.2, -0.15) is 0 Å². The lowest BCUT2D eigenvalue weighted by Gasteiger charge is -2.33. The zero-order chi connectivity index (χ0) is 13.8. The molecule has 106 valence electrons. The van der Waals surface area contributed by atoms with Crippen LogP contribution in [0.2, 0.25) is 0 Å². The molecule has 1 fully saturated rings. The lowest BCUT2D eigenvalue weighted by atomic mass is 9.85. The van der Waals surface area contributed by atoms with Crippen LogP contribution in [-0.2, 0) is 6.42 Å². The number of hydrogen-bond acceptors (Lipinski definition) is 2. The number of anilines is 1. The Balaban J connectivity index is 2.08. The van der Waals surface area contributed by atoms with Gasteiger partial charge in [0.25, 0.3) is 0 Å². The van der Waals surface area contributed by atoms with E-state index < -0.39 is 0 Å². The van der Waals surface area contributed by atoms with Crippen molar-refractivity contribution < 1.29 is 0 Å². The molecule has 1 saturated carbocycles. The average Bonchev–Trinajstić information content (AvgIpc) is 2.29. The number of nitrogens with zero attached hydrogens (tertiary/aromatic N) is 1. The number of rotatable bonds is 6. The Bertz CT molecular complexity index is 413. The first-order chi connectivity index (χ1) is 9.10. The highest BCUT2D eigenvalue weighted by Gasteiger charge is 2.21. The van der Waals surface area contributed by atoms with Crippen LogP contribution in [-0.4, -0.2) is 19.1 Å². The van der Waals surface area contributed by atoms with Crippen LogP contribution < -0.4 is 10.6 Å². The van der Waals surface area contributed by atoms with Gasteiger partial charge in [-0.1, -0.05) is 12.5 Å². The van der Waals surface area contributed by atoms with E-state index >= 15 is 0 Å². The van der Waals surface area contributed by atoms with Gasteiger partial charge in [-0.05, 0) is 72.7 Å². The first kappa shape index (κ1) is 14.9. The summed E-state index contributed by atoms with van der Waals surface area (Å²) in [7, 11) is 0. The molecule has 0 amide bonds. The molecule has 2 rings (SSSR count). The smallest absolute Gasteiger partial charge is 0.0510 e. The summed E-state index contributed by atoms with van der Waals surface area (Å²) in [5, 5.41) is 0. The molecule has 1 aliphatic carbocycles. The van der Waals surface area contributed by atoms with E-state index in [-0.39, 0.29) is 6.04 Å². The quantitative estimate of drug-likeness (QED) is 0.858. The lowest BCUT2D eigenvalue weighted by molar-refractivity contribution is 0.318. The molecule has 0 radical (unpaired) electrons. The second kappa shape index (κ2) is 6.76. The van der Waals surface area contributed by atoms with Gasteiger partial charge in [0.2, 0.25) is 0 Å². The van der Waals surface area contributed by atoms with Crippen molar-refractivity contribution in [1.82, 2.24) is 0 Å². The maximum atomic E-state index is 5.86. The minimum absolute atomic E-state index is 0.218. The van der Waals surface area contributed by atoms with Gasteiger partial charge in [0.1, 0.15) is 0 Å². The van der Waals surface area contributed by atoms with Gasteiger partial charge in [-0.3, -0.25) is 0 Å². The van der Waals surface area contributed by atoms with Crippen LogP contribution in [0.25, 0.3) is 0 Å². The largest absolute Gasteiger partial charge is 0.371 e. The third kappa shape index (κ3) is 3.96. The Morgan fingerprint density at radius 1 is 1.42 bits per heavy atom. The molecular formula is C16H25BrN2. The third-order valence-corrected chi connectivity index (χ3v) is 4.63. The fourth-order valence-electron chi connectivity index (χ4n) is 2.69. The van der Waals surface area contributed by atoms with E-state index in [0.717, 1.165) is 18.9 Å². The van der Waals surface area contributed by atoms with Crippen molar-refractivity contribution >= 4 is 21.6 Å². The van der Waals surface area contributed by atoms with Gasteiger partial charge in [-0.15, -0.1) is 0 Å². The van der Waals surface area contributed by atoms with Crippen LogP contribution in [0.3, 0.4) is 0 Å². The molecule has 1 aromatic rings. The SMILES string of the molecule is CCN(CC1CCC1)c1ccc(CC(C)N)cc1Br. The summed E-state index contributed by atoms with van der Waals surface area (Å²) < 4.78 is 1.20. The molecule has 0 bridgehead atoms. The molecule has 1 aliphatic rings. The number of hydrogen-bond donors (Lipinski definition) is 1. The van der Waals surface area contributed by atoms with E-state index in [1.54, 1.807) is 0 Å². The topological polar surface area (TPSA) is 29.3 Å². The summed E-state index contributed by atoms with van der Waals surface area (Å²) in [5.41, 5.74) is 8.50. The highest BCUT2D eigenvalue weighted by atomic mass is 79.9. The van der Waals surface area contributed by atoms with E-state index in [9.17, 15) is 0 Å². The summed E-state index contributed by atoms with van der Waals surface area (Å²) in [6.45, 7) is 6.56. The number of benzene rings is 1. The highest BCUT2D eigenvalue weighted by Crippen LogP contribution is 2.32. The second-order valence-corrected chi connectivity index (χ2v) is 6.66. The number of halogens is 1. The highest BCUT2D eigenvalue weighted by molar-refractivity contribution is 9.10. The van der Waals surface area contributed by atoms with E-state index in [2.05, 4.69) is 52.9 Å². The molecular weight excluding hydrogens is 300 g/mol. The lowest BCUT2D eigenvalue weighted by Crippen LogP contribution is -2.32. The molecule has 0 aromatic heterocycles. The van der Waals surface area contributed by atoms with E-state index in [1.165, 1.54) is 41.5 Å². The van der Waals surface area contributed by atoms with Crippen molar-refractivity contribution in [1.29, 1.82) is 0 Å². The van der Waals surface area contributed by atoms with Crippen molar-refractivity contribution in [3.05, 3.63) is 28.2 Å². The molecule has 0 spiro atoms. The third-order valence-electron chi connectivity index (χ3n) is 4.00. The van der Waals surface area contributed by atoms with Crippen LogP contribution in [0.5, 0.6) is 0 Å². The fourth-order valence-corrected chi connectivity index (χ4v) is 3.37. The van der Waals surface area contributed by atoms with E-state index in [1.807, 2.05) is 0 Å². The van der Waals surface area contributed by atoms with Gasteiger partial charge in [0.05, 0.1) is 5.69 Å². The summed E-state index contributed by atoms with van der Waals surface area (Å²) in [6.07, 6.45) is 5.15. The Labute approximate surface area is 125 Å². The Kier molecular flexibility index (Phi) is 5.28. The standard InChI is InChI=1S/C16H25BrN2/c1-3-19(11-13-5-4-6-13)16-8-7-14(9-12(2)18)10-15(16)17/h7-8,10,12-13H,3-6,9,11,18H2,1-2H3. The van der Waals surface area contributed by atoms with Gasteiger partial charge in [0.15, 0.2) is 0 Å². The average molecular weight is 325 g/mol. The molecule has 19 heavy (non-hydrogen) atoms. The van der Waals surface area contributed by atoms with Crippen LogP contribution in [0, 0.1) is 5.92 Å². The molecule has 1 unspecified atom stereocenters. The molecule has 0 heterocycles. The van der Waals surface area contributed by atoms with Crippen molar-refractivity contribution in [2.75, 3.05) is 18.0 Å². The predicted molar refractivity (Wildman–Crippen MR) is 86.7 cm³/mol. The van der Waals surface area contributed by atoms with Crippen molar-refractivity contribution in [2.24, 2.45) is 11.7 Å². The summed E-state index contributed by atoms with van der Waals surface area (Å²) in [5.74, 6) is 0.899. The zero-order valence-corrected chi connectivity index (χ0v) is 13.6. The molecule has 1 aromatic carbocycles. The molecule has 0 saturated heterocycles. The van der Waals surface area contributed by atoms with Crippen LogP contribution in [0.1, 0.15) is 38.7 Å². The molecule has 2 N–H and O–H groups in total. The maximum absolute atomic E-state index is 5.86. The Morgan fingerprint density at radius 3 is 2.63 bits per heavy atom. The molecule has 0 aliphatic heterocycles. The monoisotopic (exact) mass is 324 g/mol. The van der Waals surface area contributed by atoms with Gasteiger partial charge < -0.3 is 10.6 Å². The minimum Gasteiger partial charge on any atom is -0.371 e. The molecule has 3 heteroatoms. The van der Waals surface area contributed by atoms with Crippen molar-refractivity contribution in [3.63, 3.8) is 0 Å². The molecule has 1 atom stereocenters. The first-order valence-electron chi connectivity index (χ1n) is 7.39. The predicted octanol–water partition coefficient (Wildman–Crippen LogP) is 3.97. The van der Waals surface area contributed by atoms with Gasteiger partial charge in [0, 0.05) is 23.6 Å². The van der Waals surface area contributed by atoms with Crippen molar-refractivity contribution in [2.45, 2.75) is 45.6 Å². The maximum Gasteiger partial charge on any atom is 0.0510 e. The van der Waals surface area contributed by atoms with Crippen LogP contribution in [0.15, 0.2) is 22.7 Å². The minimum atomic E-state index is 0.218. The van der Waals surface area contributed by atoms with Crippen LogP contribution >= 0.6 is 15.9 Å². The Hall–Kier alpha value is -0.540. The first-order valence-corrected chi connectivity index (χ1v) is 8.18. The van der Waals surface area contributed by atoms with Gasteiger partial charge in [-0.25, -0.2) is 0 Å². The molecule has 2 nitrogen and oxygen atoms in total. The Morgan fingerprint density at radius 2 is 2.16 bits per heavy atom. The number of nitrogens with two attached hydrogens (primary N) is 1. The van der Waals surface area contributed by atoms with Gasteiger partial charge >= 0.3 is 0 Å². The van der Waals surface area contributed by atoms with Crippen LogP contribution in [0.4, 0.5) is 5.69 Å². The van der Waals surface area contributed by atoms with E-state index in [0.29, 0.717) is 0 Å². The summed E-state index contributed by atoms with van der Waals surface area (Å²) >= 11 is 3.73.